The molecule has 23 heavy (non-hydrogen) atoms. The smallest absolute Gasteiger partial charge is 0.230 e. The fourth-order valence-electron chi connectivity index (χ4n) is 2.62. The number of nitrogens with zero attached hydrogens (tertiary/aromatic N) is 2. The number of hydrogen-bond donors (Lipinski definition) is 2. The molecule has 2 aromatic heterocycles. The van der Waals surface area contributed by atoms with E-state index in [1.807, 2.05) is 26.0 Å². The molecular formula is C16H20N4O3. The van der Waals surface area contributed by atoms with Crippen molar-refractivity contribution in [3.05, 3.63) is 35.9 Å². The zero-order chi connectivity index (χ0) is 16.4. The van der Waals surface area contributed by atoms with Gasteiger partial charge >= 0.3 is 0 Å². The van der Waals surface area contributed by atoms with E-state index in [1.54, 1.807) is 17.2 Å². The Hall–Kier alpha value is -2.57. The molecule has 2 aromatic rings. The third-order valence-corrected chi connectivity index (χ3v) is 3.98. The van der Waals surface area contributed by atoms with Gasteiger partial charge in [0.25, 0.3) is 0 Å². The van der Waals surface area contributed by atoms with Gasteiger partial charge in [-0.25, -0.2) is 0 Å². The summed E-state index contributed by atoms with van der Waals surface area (Å²) in [6.07, 6.45) is 1.79. The number of carbonyl (C=O) groups is 2. The van der Waals surface area contributed by atoms with Crippen LogP contribution in [-0.4, -0.2) is 33.5 Å². The molecule has 122 valence electrons. The number of likely N-dealkylation sites (tertiary alicyclic amines) is 1. The maximum Gasteiger partial charge on any atom is 0.230 e. The molecule has 1 aliphatic heterocycles. The second-order valence-corrected chi connectivity index (χ2v) is 6.11. The highest BCUT2D eigenvalue weighted by atomic mass is 16.3. The van der Waals surface area contributed by atoms with Crippen LogP contribution >= 0.6 is 0 Å². The third kappa shape index (κ3) is 3.44. The quantitative estimate of drug-likeness (QED) is 0.884. The van der Waals surface area contributed by atoms with Gasteiger partial charge in [0.05, 0.1) is 18.7 Å². The minimum Gasteiger partial charge on any atom is -0.467 e. The minimum absolute atomic E-state index is 0.0357. The number of amides is 2. The van der Waals surface area contributed by atoms with Crippen LogP contribution in [0.5, 0.6) is 0 Å². The van der Waals surface area contributed by atoms with Gasteiger partial charge in [-0.15, -0.1) is 0 Å². The maximum atomic E-state index is 12.3. The van der Waals surface area contributed by atoms with Crippen LogP contribution in [0.2, 0.25) is 0 Å². The van der Waals surface area contributed by atoms with Gasteiger partial charge in [0.2, 0.25) is 11.8 Å². The van der Waals surface area contributed by atoms with Crippen LogP contribution in [0.25, 0.3) is 0 Å². The van der Waals surface area contributed by atoms with Crippen molar-refractivity contribution in [2.24, 2.45) is 5.92 Å². The minimum atomic E-state index is -0.364. The summed E-state index contributed by atoms with van der Waals surface area (Å²) in [6, 6.07) is 5.42. The number of nitrogens with one attached hydrogen (secondary N) is 2. The van der Waals surface area contributed by atoms with E-state index >= 15 is 0 Å². The molecule has 1 saturated heterocycles. The Kier molecular flexibility index (Phi) is 4.18. The fraction of sp³-hybridized carbons (Fsp3) is 0.438. The van der Waals surface area contributed by atoms with Crippen LogP contribution in [-0.2, 0) is 16.1 Å². The van der Waals surface area contributed by atoms with Gasteiger partial charge < -0.3 is 14.6 Å². The van der Waals surface area contributed by atoms with E-state index in [1.165, 1.54) is 0 Å². The summed E-state index contributed by atoms with van der Waals surface area (Å²) in [5.41, 5.74) is 0.960. The molecule has 0 unspecified atom stereocenters. The second kappa shape index (κ2) is 6.28. The van der Waals surface area contributed by atoms with Crippen LogP contribution in [0, 0.1) is 5.92 Å². The van der Waals surface area contributed by atoms with Gasteiger partial charge in [0.1, 0.15) is 5.76 Å². The topological polar surface area (TPSA) is 91.2 Å². The molecule has 0 aliphatic carbocycles. The first kappa shape index (κ1) is 15.3. The van der Waals surface area contributed by atoms with Crippen molar-refractivity contribution in [2.75, 3.05) is 11.9 Å². The molecule has 1 atom stereocenters. The van der Waals surface area contributed by atoms with E-state index < -0.39 is 0 Å². The number of H-pyrrole nitrogens is 1. The summed E-state index contributed by atoms with van der Waals surface area (Å²) in [5.74, 6) is 0.944. The Bertz CT molecular complexity index is 690. The molecule has 1 fully saturated rings. The van der Waals surface area contributed by atoms with Crippen molar-refractivity contribution in [3.63, 3.8) is 0 Å². The van der Waals surface area contributed by atoms with E-state index in [0.717, 1.165) is 5.69 Å². The van der Waals surface area contributed by atoms with Crippen molar-refractivity contribution < 1.29 is 14.0 Å². The summed E-state index contributed by atoms with van der Waals surface area (Å²) in [6.45, 7) is 4.88. The first-order chi connectivity index (χ1) is 11.0. The van der Waals surface area contributed by atoms with Crippen LogP contribution in [0.1, 0.15) is 37.6 Å². The Morgan fingerprint density at radius 1 is 1.57 bits per heavy atom. The number of furan rings is 1. The Balaban J connectivity index is 1.58. The molecule has 3 rings (SSSR count). The van der Waals surface area contributed by atoms with E-state index in [9.17, 15) is 9.59 Å². The third-order valence-electron chi connectivity index (χ3n) is 3.98. The van der Waals surface area contributed by atoms with Gasteiger partial charge in [-0.05, 0) is 18.1 Å². The molecule has 2 amide bonds. The van der Waals surface area contributed by atoms with E-state index in [4.69, 9.17) is 4.42 Å². The van der Waals surface area contributed by atoms with Gasteiger partial charge in [0.15, 0.2) is 5.82 Å². The number of carbonyl (C=O) groups excluding carboxylic acids is 2. The summed E-state index contributed by atoms with van der Waals surface area (Å²) in [4.78, 5) is 26.0. The van der Waals surface area contributed by atoms with Crippen LogP contribution in [0.15, 0.2) is 28.9 Å². The van der Waals surface area contributed by atoms with E-state index in [2.05, 4.69) is 15.5 Å². The average Bonchev–Trinajstić information content (AvgIpc) is 3.21. The predicted octanol–water partition coefficient (Wildman–Crippen LogP) is 2.11. The molecule has 7 nitrogen and oxygen atoms in total. The normalized spacial score (nSPS) is 18.0. The summed E-state index contributed by atoms with van der Waals surface area (Å²) >= 11 is 0. The van der Waals surface area contributed by atoms with Gasteiger partial charge in [-0.3, -0.25) is 14.7 Å². The van der Waals surface area contributed by atoms with Crippen LogP contribution in [0.3, 0.4) is 0 Å². The number of aromatic amines is 1. The lowest BCUT2D eigenvalue weighted by Gasteiger charge is -2.14. The highest BCUT2D eigenvalue weighted by molar-refractivity contribution is 5.96. The molecular weight excluding hydrogens is 296 g/mol. The molecule has 2 N–H and O–H groups in total. The van der Waals surface area contributed by atoms with Crippen molar-refractivity contribution in [2.45, 2.75) is 32.7 Å². The highest BCUT2D eigenvalue weighted by Gasteiger charge is 2.34. The average molecular weight is 316 g/mol. The Morgan fingerprint density at radius 2 is 2.39 bits per heavy atom. The fourth-order valence-corrected chi connectivity index (χ4v) is 2.62. The number of hydrogen-bond acceptors (Lipinski definition) is 4. The number of aromatic nitrogens is 2. The molecule has 0 spiro atoms. The van der Waals surface area contributed by atoms with Crippen molar-refractivity contribution >= 4 is 17.6 Å². The van der Waals surface area contributed by atoms with Crippen LogP contribution in [0.4, 0.5) is 5.82 Å². The summed E-state index contributed by atoms with van der Waals surface area (Å²) in [7, 11) is 0. The molecule has 0 aromatic carbocycles. The molecule has 0 saturated carbocycles. The van der Waals surface area contributed by atoms with E-state index in [-0.39, 0.29) is 24.2 Å². The molecule has 1 aliphatic rings. The van der Waals surface area contributed by atoms with Gasteiger partial charge in [-0.1, -0.05) is 13.8 Å². The first-order valence-corrected chi connectivity index (χ1v) is 7.69. The summed E-state index contributed by atoms with van der Waals surface area (Å²) < 4.78 is 5.25. The molecule has 0 bridgehead atoms. The van der Waals surface area contributed by atoms with E-state index in [0.29, 0.717) is 30.6 Å². The molecule has 0 radical (unpaired) electrons. The maximum absolute atomic E-state index is 12.3. The Labute approximate surface area is 134 Å². The second-order valence-electron chi connectivity index (χ2n) is 6.11. The van der Waals surface area contributed by atoms with Gasteiger partial charge in [0, 0.05) is 24.7 Å². The van der Waals surface area contributed by atoms with Gasteiger partial charge in [-0.2, -0.15) is 5.10 Å². The Morgan fingerprint density at radius 3 is 3.04 bits per heavy atom. The number of rotatable bonds is 5. The summed E-state index contributed by atoms with van der Waals surface area (Å²) in [5, 5.41) is 9.75. The largest absolute Gasteiger partial charge is 0.467 e. The van der Waals surface area contributed by atoms with Crippen molar-refractivity contribution in [3.8, 4) is 0 Å². The number of anilines is 1. The van der Waals surface area contributed by atoms with Crippen LogP contribution < -0.4 is 5.32 Å². The lowest BCUT2D eigenvalue weighted by Crippen LogP contribution is -2.28. The monoisotopic (exact) mass is 316 g/mol. The highest BCUT2D eigenvalue weighted by Crippen LogP contribution is 2.22. The zero-order valence-electron chi connectivity index (χ0n) is 13.2. The zero-order valence-corrected chi connectivity index (χ0v) is 13.2. The molecule has 7 heteroatoms. The predicted molar refractivity (Wildman–Crippen MR) is 83.5 cm³/mol. The SMILES string of the molecule is CC(C)c1cc(NC(=O)[C@H]2CC(=O)N(Cc3ccco3)C2)n[nH]1. The molecule has 3 heterocycles. The lowest BCUT2D eigenvalue weighted by atomic mass is 10.1. The van der Waals surface area contributed by atoms with Crippen molar-refractivity contribution in [1.82, 2.24) is 15.1 Å². The first-order valence-electron chi connectivity index (χ1n) is 7.69. The standard InChI is InChI=1S/C16H20N4O3/c1-10(2)13-7-14(19-18-13)17-16(22)11-6-15(21)20(8-11)9-12-4-3-5-23-12/h3-5,7,10-11H,6,8-9H2,1-2H3,(H2,17,18,19,22)/t11-/m0/s1. The lowest BCUT2D eigenvalue weighted by molar-refractivity contribution is -0.128. The van der Waals surface area contributed by atoms with Crippen molar-refractivity contribution in [1.29, 1.82) is 0 Å².